The van der Waals surface area contributed by atoms with Gasteiger partial charge in [-0.3, -0.25) is 10.1 Å². The lowest BCUT2D eigenvalue weighted by atomic mass is 10.1. The first-order chi connectivity index (χ1) is 13.5. The summed E-state index contributed by atoms with van der Waals surface area (Å²) in [6.07, 6.45) is 4.22. The fraction of sp³-hybridized carbons (Fsp3) is 0.550. The molecule has 8 heteroatoms. The third-order valence-corrected chi connectivity index (χ3v) is 7.84. The van der Waals surface area contributed by atoms with Crippen molar-refractivity contribution in [2.45, 2.75) is 55.8 Å². The number of carbonyl (C=O) groups is 3. The number of hydrogen-bond donors (Lipinski definition) is 2. The maximum absolute atomic E-state index is 12.3. The van der Waals surface area contributed by atoms with E-state index in [-0.39, 0.29) is 6.04 Å². The van der Waals surface area contributed by atoms with Crippen molar-refractivity contribution < 1.29 is 19.1 Å². The second-order valence-corrected chi connectivity index (χ2v) is 9.77. The third kappa shape index (κ3) is 5.91. The van der Waals surface area contributed by atoms with E-state index in [0.29, 0.717) is 10.1 Å². The first kappa shape index (κ1) is 21.0. The Morgan fingerprint density at radius 1 is 1.04 bits per heavy atom. The standard InChI is InChI=1S/C20H26N2O4S2/c1-13(17(23)22-20(25)21-16-5-2-3-6-16)26-18(24)14-7-9-15(10-8-14)19-27-11-4-12-28-19/h7-10,13,16,19H,2-6,11-12H2,1H3,(H2,21,22,23,25)/t13-/m0/s1. The Morgan fingerprint density at radius 3 is 2.32 bits per heavy atom. The molecule has 2 N–H and O–H groups in total. The van der Waals surface area contributed by atoms with Crippen molar-refractivity contribution in [3.63, 3.8) is 0 Å². The molecule has 0 radical (unpaired) electrons. The minimum Gasteiger partial charge on any atom is -0.449 e. The number of nitrogens with one attached hydrogen (secondary N) is 2. The molecule has 28 heavy (non-hydrogen) atoms. The molecule has 1 heterocycles. The van der Waals surface area contributed by atoms with Crippen LogP contribution in [0, 0.1) is 0 Å². The molecule has 2 fully saturated rings. The van der Waals surface area contributed by atoms with E-state index in [0.717, 1.165) is 37.2 Å². The van der Waals surface area contributed by atoms with Gasteiger partial charge in [-0.25, -0.2) is 9.59 Å². The number of esters is 1. The Kier molecular flexibility index (Phi) is 7.67. The van der Waals surface area contributed by atoms with Crippen LogP contribution in [0.5, 0.6) is 0 Å². The number of hydrogen-bond acceptors (Lipinski definition) is 6. The van der Waals surface area contributed by atoms with Crippen molar-refractivity contribution in [3.05, 3.63) is 35.4 Å². The van der Waals surface area contributed by atoms with Crippen LogP contribution in [0.1, 0.15) is 59.5 Å². The van der Waals surface area contributed by atoms with Gasteiger partial charge in [0.1, 0.15) is 0 Å². The molecule has 1 saturated carbocycles. The van der Waals surface area contributed by atoms with Gasteiger partial charge in [-0.15, -0.1) is 23.5 Å². The molecule has 6 nitrogen and oxygen atoms in total. The number of imide groups is 1. The van der Waals surface area contributed by atoms with Gasteiger partial charge in [-0.05, 0) is 55.4 Å². The van der Waals surface area contributed by atoms with Gasteiger partial charge in [-0.2, -0.15) is 0 Å². The quantitative estimate of drug-likeness (QED) is 0.701. The van der Waals surface area contributed by atoms with Crippen LogP contribution in [0.25, 0.3) is 0 Å². The molecule has 3 rings (SSSR count). The zero-order valence-electron chi connectivity index (χ0n) is 15.9. The number of carbonyl (C=O) groups excluding carboxylic acids is 3. The monoisotopic (exact) mass is 422 g/mol. The molecule has 1 aromatic carbocycles. The maximum Gasteiger partial charge on any atom is 0.338 e. The molecule has 1 aliphatic carbocycles. The summed E-state index contributed by atoms with van der Waals surface area (Å²) in [5, 5.41) is 5.02. The van der Waals surface area contributed by atoms with Crippen LogP contribution in [-0.4, -0.2) is 41.6 Å². The van der Waals surface area contributed by atoms with Crippen LogP contribution in [-0.2, 0) is 9.53 Å². The smallest absolute Gasteiger partial charge is 0.338 e. The van der Waals surface area contributed by atoms with Gasteiger partial charge in [0, 0.05) is 6.04 Å². The highest BCUT2D eigenvalue weighted by Gasteiger charge is 2.23. The van der Waals surface area contributed by atoms with E-state index in [4.69, 9.17) is 4.74 Å². The van der Waals surface area contributed by atoms with Crippen molar-refractivity contribution in [1.82, 2.24) is 10.6 Å². The summed E-state index contributed by atoms with van der Waals surface area (Å²) < 4.78 is 5.62. The van der Waals surface area contributed by atoms with Crippen molar-refractivity contribution in [2.24, 2.45) is 0 Å². The van der Waals surface area contributed by atoms with Crippen LogP contribution in [0.15, 0.2) is 24.3 Å². The maximum atomic E-state index is 12.3. The average Bonchev–Trinajstić information content (AvgIpc) is 3.21. The highest BCUT2D eigenvalue weighted by Crippen LogP contribution is 2.43. The molecule has 0 aromatic heterocycles. The van der Waals surface area contributed by atoms with Crippen LogP contribution >= 0.6 is 23.5 Å². The predicted molar refractivity (Wildman–Crippen MR) is 113 cm³/mol. The van der Waals surface area contributed by atoms with E-state index >= 15 is 0 Å². The zero-order valence-corrected chi connectivity index (χ0v) is 17.6. The second kappa shape index (κ2) is 10.2. The zero-order chi connectivity index (χ0) is 19.9. The Hall–Kier alpha value is -1.67. The molecular formula is C20H26N2O4S2. The van der Waals surface area contributed by atoms with Gasteiger partial charge < -0.3 is 10.1 Å². The SMILES string of the molecule is C[C@H](OC(=O)c1ccc(C2SCCCS2)cc1)C(=O)NC(=O)NC1CCCC1. The molecule has 1 aliphatic heterocycles. The Balaban J connectivity index is 1.47. The molecule has 0 spiro atoms. The number of rotatable bonds is 5. The molecule has 0 bridgehead atoms. The topological polar surface area (TPSA) is 84.5 Å². The van der Waals surface area contributed by atoms with Crippen LogP contribution < -0.4 is 10.6 Å². The van der Waals surface area contributed by atoms with Gasteiger partial charge in [0.2, 0.25) is 0 Å². The summed E-state index contributed by atoms with van der Waals surface area (Å²) in [6, 6.07) is 6.91. The van der Waals surface area contributed by atoms with Crippen LogP contribution in [0.4, 0.5) is 4.79 Å². The first-order valence-corrected chi connectivity index (χ1v) is 11.8. The summed E-state index contributed by atoms with van der Waals surface area (Å²) in [6.45, 7) is 1.46. The molecule has 152 valence electrons. The van der Waals surface area contributed by atoms with Crippen LogP contribution in [0.2, 0.25) is 0 Å². The number of benzene rings is 1. The molecule has 2 aliphatic rings. The predicted octanol–water partition coefficient (Wildman–Crippen LogP) is 3.87. The summed E-state index contributed by atoms with van der Waals surface area (Å²) in [4.78, 5) is 36.3. The van der Waals surface area contributed by atoms with Gasteiger partial charge in [0.15, 0.2) is 6.10 Å². The summed E-state index contributed by atoms with van der Waals surface area (Å²) in [7, 11) is 0. The van der Waals surface area contributed by atoms with Crippen molar-refractivity contribution in [2.75, 3.05) is 11.5 Å². The average molecular weight is 423 g/mol. The summed E-state index contributed by atoms with van der Waals surface area (Å²) in [5.41, 5.74) is 1.57. The van der Waals surface area contributed by atoms with Crippen molar-refractivity contribution >= 4 is 41.4 Å². The molecule has 1 atom stereocenters. The lowest BCUT2D eigenvalue weighted by molar-refractivity contribution is -0.127. The number of urea groups is 1. The molecule has 1 aromatic rings. The minimum atomic E-state index is -1.05. The van der Waals surface area contributed by atoms with E-state index in [9.17, 15) is 14.4 Å². The first-order valence-electron chi connectivity index (χ1n) is 9.68. The van der Waals surface area contributed by atoms with Crippen LogP contribution in [0.3, 0.4) is 0 Å². The number of amides is 3. The molecule has 0 unspecified atom stereocenters. The largest absolute Gasteiger partial charge is 0.449 e. The fourth-order valence-corrected chi connectivity index (χ4v) is 6.14. The lowest BCUT2D eigenvalue weighted by Gasteiger charge is -2.21. The molecule has 1 saturated heterocycles. The van der Waals surface area contributed by atoms with Gasteiger partial charge >= 0.3 is 12.0 Å². The number of thioether (sulfide) groups is 2. The fourth-order valence-electron chi connectivity index (χ4n) is 3.24. The number of ether oxygens (including phenoxy) is 1. The van der Waals surface area contributed by atoms with Gasteiger partial charge in [-0.1, -0.05) is 25.0 Å². The normalized spacial score (nSPS) is 19.0. The molecular weight excluding hydrogens is 396 g/mol. The Labute approximate surface area is 173 Å². The van der Waals surface area contributed by atoms with Crippen molar-refractivity contribution in [3.8, 4) is 0 Å². The highest BCUT2D eigenvalue weighted by atomic mass is 32.2. The Bertz CT molecular complexity index is 699. The minimum absolute atomic E-state index is 0.115. The van der Waals surface area contributed by atoms with E-state index in [1.165, 1.54) is 18.9 Å². The third-order valence-electron chi connectivity index (χ3n) is 4.83. The second-order valence-electron chi connectivity index (χ2n) is 7.04. The van der Waals surface area contributed by atoms with E-state index in [1.807, 2.05) is 35.7 Å². The Morgan fingerprint density at radius 2 is 1.68 bits per heavy atom. The lowest BCUT2D eigenvalue weighted by Crippen LogP contribution is -2.47. The van der Waals surface area contributed by atoms with Gasteiger partial charge in [0.05, 0.1) is 10.1 Å². The van der Waals surface area contributed by atoms with Gasteiger partial charge in [0.25, 0.3) is 5.91 Å². The van der Waals surface area contributed by atoms with E-state index in [1.54, 1.807) is 12.1 Å². The van der Waals surface area contributed by atoms with Crippen molar-refractivity contribution in [1.29, 1.82) is 0 Å². The summed E-state index contributed by atoms with van der Waals surface area (Å²) in [5.74, 6) is 1.11. The highest BCUT2D eigenvalue weighted by molar-refractivity contribution is 8.16. The van der Waals surface area contributed by atoms with E-state index in [2.05, 4.69) is 10.6 Å². The van der Waals surface area contributed by atoms with E-state index < -0.39 is 24.0 Å². The molecule has 3 amide bonds. The summed E-state index contributed by atoms with van der Waals surface area (Å²) >= 11 is 3.84.